The van der Waals surface area contributed by atoms with Crippen LogP contribution in [0.25, 0.3) is 20.8 Å². The Hall–Kier alpha value is -3.07. The molecule has 0 aliphatic carbocycles. The Balaban J connectivity index is 1.42. The van der Waals surface area contributed by atoms with Crippen molar-refractivity contribution in [1.29, 1.82) is 0 Å². The van der Waals surface area contributed by atoms with Crippen molar-refractivity contribution in [3.05, 3.63) is 46.4 Å². The lowest BCUT2D eigenvalue weighted by atomic mass is 10.2. The van der Waals surface area contributed by atoms with Crippen LogP contribution in [0.4, 0.5) is 0 Å². The summed E-state index contributed by atoms with van der Waals surface area (Å²) in [4.78, 5) is 43.0. The number of rotatable bonds is 7. The van der Waals surface area contributed by atoms with Gasteiger partial charge in [-0.25, -0.2) is 9.67 Å². The number of likely N-dealkylation sites (tertiary alicyclic amines) is 1. The molecule has 1 saturated heterocycles. The van der Waals surface area contributed by atoms with Gasteiger partial charge in [0, 0.05) is 31.6 Å². The van der Waals surface area contributed by atoms with E-state index in [0.29, 0.717) is 37.1 Å². The Morgan fingerprint density at radius 3 is 2.77 bits per heavy atom. The van der Waals surface area contributed by atoms with Gasteiger partial charge in [0.2, 0.25) is 11.8 Å². The quantitative estimate of drug-likeness (QED) is 0.584. The second-order valence-corrected chi connectivity index (χ2v) is 8.30. The Morgan fingerprint density at radius 1 is 1.23 bits per heavy atom. The lowest BCUT2D eigenvalue weighted by molar-refractivity contribution is -0.127. The third-order valence-corrected chi connectivity index (χ3v) is 6.29. The summed E-state index contributed by atoms with van der Waals surface area (Å²) < 4.78 is 1.91. The number of hydrogen-bond donors (Lipinski definition) is 1. The minimum Gasteiger partial charge on any atom is -0.354 e. The second kappa shape index (κ2) is 8.74. The van der Waals surface area contributed by atoms with Gasteiger partial charge in [-0.05, 0) is 19.8 Å². The van der Waals surface area contributed by atoms with Crippen molar-refractivity contribution < 1.29 is 9.59 Å². The van der Waals surface area contributed by atoms with Gasteiger partial charge >= 0.3 is 0 Å². The van der Waals surface area contributed by atoms with Crippen molar-refractivity contribution in [2.45, 2.75) is 32.7 Å². The van der Waals surface area contributed by atoms with Crippen LogP contribution in [0.5, 0.6) is 0 Å². The summed E-state index contributed by atoms with van der Waals surface area (Å²) in [6, 6.07) is 9.67. The maximum Gasteiger partial charge on any atom is 0.294 e. The van der Waals surface area contributed by atoms with Gasteiger partial charge in [0.15, 0.2) is 5.52 Å². The first-order valence-corrected chi connectivity index (χ1v) is 10.8. The van der Waals surface area contributed by atoms with Gasteiger partial charge in [-0.2, -0.15) is 5.10 Å². The van der Waals surface area contributed by atoms with Crippen molar-refractivity contribution in [3.63, 3.8) is 0 Å². The van der Waals surface area contributed by atoms with Gasteiger partial charge in [-0.15, -0.1) is 11.3 Å². The zero-order valence-electron chi connectivity index (χ0n) is 16.8. The van der Waals surface area contributed by atoms with Crippen molar-refractivity contribution in [2.75, 3.05) is 19.6 Å². The molecule has 8 nitrogen and oxygen atoms in total. The lowest BCUT2D eigenvalue weighted by Gasteiger charge is -2.15. The van der Waals surface area contributed by atoms with E-state index in [1.54, 1.807) is 0 Å². The Morgan fingerprint density at radius 2 is 2.03 bits per heavy atom. The Kier molecular flexibility index (Phi) is 5.89. The topological polar surface area (TPSA) is 97.2 Å². The molecule has 0 radical (unpaired) electrons. The summed E-state index contributed by atoms with van der Waals surface area (Å²) in [5.74, 6) is -0.103. The monoisotopic (exact) mass is 425 g/mol. The number of nitrogens with zero attached hydrogens (tertiary/aromatic N) is 4. The molecule has 1 aliphatic heterocycles. The molecular weight excluding hydrogens is 402 g/mol. The van der Waals surface area contributed by atoms with E-state index < -0.39 is 0 Å². The molecule has 30 heavy (non-hydrogen) atoms. The molecule has 1 N–H and O–H groups in total. The Labute approximate surface area is 177 Å². The maximum atomic E-state index is 12.8. The van der Waals surface area contributed by atoms with Gasteiger partial charge in [-0.1, -0.05) is 30.3 Å². The number of aryl methyl sites for hydroxylation is 1. The van der Waals surface area contributed by atoms with Gasteiger partial charge in [0.05, 0.1) is 10.4 Å². The fourth-order valence-corrected chi connectivity index (χ4v) is 4.55. The molecule has 0 spiro atoms. The minimum absolute atomic E-state index is 0.156. The lowest BCUT2D eigenvalue weighted by Crippen LogP contribution is -2.35. The standard InChI is InChI=1S/C21H23N5O3S/c1-14-19-18(23-20(30-19)15-7-3-2-4-8-15)21(29)26(24-14)13-16(27)22-10-6-12-25-11-5-9-17(25)28/h2-4,7-8H,5-6,9-13H2,1H3,(H,22,27). The summed E-state index contributed by atoms with van der Waals surface area (Å²) in [6.45, 7) is 3.55. The fourth-order valence-electron chi connectivity index (χ4n) is 3.55. The molecule has 2 amide bonds. The van der Waals surface area contributed by atoms with Crippen LogP contribution in [0.15, 0.2) is 35.1 Å². The predicted molar refractivity (Wildman–Crippen MR) is 115 cm³/mol. The van der Waals surface area contributed by atoms with Crippen LogP contribution < -0.4 is 10.9 Å². The van der Waals surface area contributed by atoms with Gasteiger partial charge in [-0.3, -0.25) is 14.4 Å². The largest absolute Gasteiger partial charge is 0.354 e. The molecule has 1 fully saturated rings. The minimum atomic E-state index is -0.369. The summed E-state index contributed by atoms with van der Waals surface area (Å²) in [7, 11) is 0. The van der Waals surface area contributed by atoms with Gasteiger partial charge in [0.25, 0.3) is 5.56 Å². The average Bonchev–Trinajstić information content (AvgIpc) is 3.37. The zero-order chi connectivity index (χ0) is 21.1. The molecule has 1 aliphatic rings. The summed E-state index contributed by atoms with van der Waals surface area (Å²) in [5, 5.41) is 7.87. The van der Waals surface area contributed by atoms with Crippen molar-refractivity contribution in [1.82, 2.24) is 25.0 Å². The van der Waals surface area contributed by atoms with Crippen LogP contribution in [0.2, 0.25) is 0 Å². The van der Waals surface area contributed by atoms with E-state index in [9.17, 15) is 14.4 Å². The maximum absolute atomic E-state index is 12.8. The number of hydrogen-bond acceptors (Lipinski definition) is 6. The fraction of sp³-hybridized carbons (Fsp3) is 0.381. The van der Waals surface area contributed by atoms with Gasteiger partial charge in [0.1, 0.15) is 11.6 Å². The number of amides is 2. The Bertz CT molecular complexity index is 1140. The first-order valence-electron chi connectivity index (χ1n) is 10.0. The summed E-state index contributed by atoms with van der Waals surface area (Å²) in [6.07, 6.45) is 2.21. The number of carbonyl (C=O) groups is 2. The molecule has 4 rings (SSSR count). The normalized spacial score (nSPS) is 13.9. The highest BCUT2D eigenvalue weighted by molar-refractivity contribution is 7.21. The first-order chi connectivity index (χ1) is 14.5. The highest BCUT2D eigenvalue weighted by Gasteiger charge is 2.19. The molecule has 0 saturated carbocycles. The summed E-state index contributed by atoms with van der Waals surface area (Å²) in [5.41, 5.74) is 1.58. The van der Waals surface area contributed by atoms with Crippen LogP contribution in [-0.4, -0.2) is 51.1 Å². The number of aromatic nitrogens is 3. The second-order valence-electron chi connectivity index (χ2n) is 7.30. The number of fused-ring (bicyclic) bond motifs is 1. The van der Waals surface area contributed by atoms with Crippen LogP contribution in [0.1, 0.15) is 25.0 Å². The molecule has 2 aromatic heterocycles. The zero-order valence-corrected chi connectivity index (χ0v) is 17.6. The third kappa shape index (κ3) is 4.25. The van der Waals surface area contributed by atoms with E-state index in [1.165, 1.54) is 16.0 Å². The number of thiazole rings is 1. The first kappa shape index (κ1) is 20.2. The molecule has 3 heterocycles. The van der Waals surface area contributed by atoms with Crippen molar-refractivity contribution in [3.8, 4) is 10.6 Å². The van der Waals surface area contributed by atoms with Crippen LogP contribution in [0, 0.1) is 6.92 Å². The number of carbonyl (C=O) groups excluding carboxylic acids is 2. The highest BCUT2D eigenvalue weighted by atomic mass is 32.1. The van der Waals surface area contributed by atoms with Crippen LogP contribution in [0.3, 0.4) is 0 Å². The van der Waals surface area contributed by atoms with E-state index in [0.717, 1.165) is 28.2 Å². The molecule has 0 atom stereocenters. The van der Waals surface area contributed by atoms with E-state index in [4.69, 9.17) is 0 Å². The van der Waals surface area contributed by atoms with E-state index in [-0.39, 0.29) is 23.9 Å². The van der Waals surface area contributed by atoms with Gasteiger partial charge < -0.3 is 10.2 Å². The average molecular weight is 426 g/mol. The number of benzene rings is 1. The SMILES string of the molecule is Cc1nn(CC(=O)NCCCN2CCCC2=O)c(=O)c2nc(-c3ccccc3)sc12. The van der Waals surface area contributed by atoms with E-state index in [2.05, 4.69) is 15.4 Å². The third-order valence-electron chi connectivity index (χ3n) is 5.08. The highest BCUT2D eigenvalue weighted by Crippen LogP contribution is 2.29. The summed E-state index contributed by atoms with van der Waals surface area (Å²) >= 11 is 1.43. The van der Waals surface area contributed by atoms with E-state index in [1.807, 2.05) is 42.2 Å². The van der Waals surface area contributed by atoms with Crippen molar-refractivity contribution >= 4 is 33.4 Å². The van der Waals surface area contributed by atoms with Crippen LogP contribution >= 0.6 is 11.3 Å². The van der Waals surface area contributed by atoms with E-state index >= 15 is 0 Å². The van der Waals surface area contributed by atoms with Crippen LogP contribution in [-0.2, 0) is 16.1 Å². The number of nitrogens with one attached hydrogen (secondary N) is 1. The molecule has 9 heteroatoms. The predicted octanol–water partition coefficient (Wildman–Crippen LogP) is 1.96. The molecule has 1 aromatic carbocycles. The molecule has 0 unspecified atom stereocenters. The molecular formula is C21H23N5O3S. The molecule has 156 valence electrons. The van der Waals surface area contributed by atoms with Crippen molar-refractivity contribution in [2.24, 2.45) is 0 Å². The molecule has 3 aromatic rings. The smallest absolute Gasteiger partial charge is 0.294 e. The molecule has 0 bridgehead atoms.